The van der Waals surface area contributed by atoms with Crippen molar-refractivity contribution in [3.63, 3.8) is 0 Å². The first-order valence-electron chi connectivity index (χ1n) is 9.91. The number of nitrogens with two attached hydrogens (primary N) is 1. The molecule has 1 heterocycles. The molecule has 0 bridgehead atoms. The molecule has 0 unspecified atom stereocenters. The van der Waals surface area contributed by atoms with E-state index in [4.69, 9.17) is 9.47 Å². The highest BCUT2D eigenvalue weighted by molar-refractivity contribution is 5.50. The lowest BCUT2D eigenvalue weighted by molar-refractivity contribution is -0.701. The van der Waals surface area contributed by atoms with Crippen LogP contribution in [0.25, 0.3) is 0 Å². The number of fused-ring (bicyclic) bond motifs is 1. The Bertz CT molecular complexity index is 935. The summed E-state index contributed by atoms with van der Waals surface area (Å²) in [6.45, 7) is 3.21. The molecule has 1 aliphatic rings. The molecule has 2 N–H and O–H groups in total. The predicted molar refractivity (Wildman–Crippen MR) is 112 cm³/mol. The summed E-state index contributed by atoms with van der Waals surface area (Å²) in [5, 5.41) is 2.48. The molecule has 28 heavy (non-hydrogen) atoms. The van der Waals surface area contributed by atoms with Gasteiger partial charge in [-0.05, 0) is 35.7 Å². The van der Waals surface area contributed by atoms with Crippen LogP contribution in [0, 0.1) is 6.92 Å². The van der Waals surface area contributed by atoms with E-state index in [-0.39, 0.29) is 5.92 Å². The molecule has 0 saturated heterocycles. The van der Waals surface area contributed by atoms with Crippen LogP contribution in [0.15, 0.2) is 66.7 Å². The summed E-state index contributed by atoms with van der Waals surface area (Å²) < 4.78 is 11.2. The monoisotopic (exact) mass is 374 g/mol. The molecule has 3 aromatic rings. The number of benzene rings is 3. The van der Waals surface area contributed by atoms with E-state index in [1.54, 1.807) is 14.2 Å². The number of rotatable bonds is 5. The molecule has 0 fully saturated rings. The van der Waals surface area contributed by atoms with Crippen LogP contribution in [-0.2, 0) is 6.42 Å². The Morgan fingerprint density at radius 2 is 1.50 bits per heavy atom. The van der Waals surface area contributed by atoms with Crippen LogP contribution in [0.3, 0.4) is 0 Å². The average molecular weight is 375 g/mol. The minimum atomic E-state index is 0.277. The van der Waals surface area contributed by atoms with Gasteiger partial charge in [0, 0.05) is 12.0 Å². The van der Waals surface area contributed by atoms with Crippen molar-refractivity contribution in [2.24, 2.45) is 0 Å². The number of aryl methyl sites for hydroxylation is 1. The molecule has 1 aliphatic heterocycles. The van der Waals surface area contributed by atoms with E-state index >= 15 is 0 Å². The summed E-state index contributed by atoms with van der Waals surface area (Å²) in [5.74, 6) is 1.89. The zero-order chi connectivity index (χ0) is 19.5. The van der Waals surface area contributed by atoms with Gasteiger partial charge >= 0.3 is 0 Å². The van der Waals surface area contributed by atoms with Crippen LogP contribution in [0.2, 0.25) is 0 Å². The first-order chi connectivity index (χ1) is 13.7. The molecule has 0 aliphatic carbocycles. The molecule has 2 atom stereocenters. The second kappa shape index (κ2) is 8.07. The maximum Gasteiger partial charge on any atom is 0.161 e. The Hall–Kier alpha value is -2.78. The minimum absolute atomic E-state index is 0.277. The van der Waals surface area contributed by atoms with Gasteiger partial charge in [-0.15, -0.1) is 0 Å². The van der Waals surface area contributed by atoms with Gasteiger partial charge in [0.2, 0.25) is 0 Å². The zero-order valence-corrected chi connectivity index (χ0v) is 16.8. The summed E-state index contributed by atoms with van der Waals surface area (Å²) >= 11 is 0. The Balaban J connectivity index is 1.85. The van der Waals surface area contributed by atoms with Crippen molar-refractivity contribution in [2.75, 3.05) is 20.8 Å². The van der Waals surface area contributed by atoms with Crippen molar-refractivity contribution in [1.82, 2.24) is 0 Å². The first kappa shape index (κ1) is 18.6. The van der Waals surface area contributed by atoms with E-state index in [0.717, 1.165) is 24.5 Å². The molecule has 3 heteroatoms. The largest absolute Gasteiger partial charge is 0.493 e. The highest BCUT2D eigenvalue weighted by atomic mass is 16.5. The number of hydrogen-bond acceptors (Lipinski definition) is 2. The van der Waals surface area contributed by atoms with Crippen LogP contribution in [0.5, 0.6) is 11.5 Å². The summed E-state index contributed by atoms with van der Waals surface area (Å²) in [6, 6.07) is 24.4. The topological polar surface area (TPSA) is 35.1 Å². The molecule has 3 nitrogen and oxygen atoms in total. The van der Waals surface area contributed by atoms with Crippen molar-refractivity contribution in [3.05, 3.63) is 94.5 Å². The highest BCUT2D eigenvalue weighted by Gasteiger charge is 2.34. The molecule has 0 aromatic heterocycles. The van der Waals surface area contributed by atoms with Crippen LogP contribution in [0.1, 0.15) is 39.8 Å². The standard InChI is InChI=1S/C25H27NO2/c1-17-9-11-19(12-10-17)24(18-7-5-4-6-8-18)25-21-16-23(28-3)22(27-2)15-20(21)13-14-26-25/h4-12,15-16,24-26H,13-14H2,1-3H3/p+1/t24-,25+/m0/s1. The SMILES string of the molecule is COc1cc2c(cc1OC)[C@H]([C@@H](c1ccccc1)c1ccc(C)cc1)[NH2+]CC2. The van der Waals surface area contributed by atoms with Crippen LogP contribution in [0.4, 0.5) is 0 Å². The van der Waals surface area contributed by atoms with Crippen molar-refractivity contribution in [3.8, 4) is 11.5 Å². The van der Waals surface area contributed by atoms with Gasteiger partial charge in [0.05, 0.1) is 26.7 Å². The summed E-state index contributed by atoms with van der Waals surface area (Å²) in [6.07, 6.45) is 1.04. The number of hydrogen-bond donors (Lipinski definition) is 1. The molecule has 0 amide bonds. The number of methoxy groups -OCH3 is 2. The zero-order valence-electron chi connectivity index (χ0n) is 16.8. The van der Waals surface area contributed by atoms with E-state index in [0.29, 0.717) is 6.04 Å². The maximum atomic E-state index is 5.62. The molecule has 3 aromatic carbocycles. The second-order valence-electron chi connectivity index (χ2n) is 7.51. The summed E-state index contributed by atoms with van der Waals surface area (Å²) in [5.41, 5.74) is 6.68. The molecule has 0 saturated carbocycles. The van der Waals surface area contributed by atoms with Gasteiger partial charge < -0.3 is 14.8 Å². The lowest BCUT2D eigenvalue weighted by Gasteiger charge is -2.32. The molecule has 0 radical (unpaired) electrons. The number of ether oxygens (including phenoxy) is 2. The fourth-order valence-corrected chi connectivity index (χ4v) is 4.37. The van der Waals surface area contributed by atoms with Gasteiger partial charge in [0.25, 0.3) is 0 Å². The Morgan fingerprint density at radius 3 is 2.18 bits per heavy atom. The van der Waals surface area contributed by atoms with Gasteiger partial charge in [0.1, 0.15) is 6.04 Å². The van der Waals surface area contributed by atoms with Gasteiger partial charge in [-0.3, -0.25) is 0 Å². The fourth-order valence-electron chi connectivity index (χ4n) is 4.37. The van der Waals surface area contributed by atoms with E-state index in [9.17, 15) is 0 Å². The van der Waals surface area contributed by atoms with E-state index in [2.05, 4.69) is 79.0 Å². The molecular formula is C25H28NO2+. The Labute approximate surface area is 167 Å². The summed E-state index contributed by atoms with van der Waals surface area (Å²) in [7, 11) is 3.41. The maximum absolute atomic E-state index is 5.62. The number of quaternary nitrogens is 1. The molecule has 0 spiro atoms. The average Bonchev–Trinajstić information content (AvgIpc) is 2.75. The van der Waals surface area contributed by atoms with Crippen molar-refractivity contribution in [1.29, 1.82) is 0 Å². The van der Waals surface area contributed by atoms with E-state index < -0.39 is 0 Å². The molecular weight excluding hydrogens is 346 g/mol. The smallest absolute Gasteiger partial charge is 0.161 e. The van der Waals surface area contributed by atoms with Crippen LogP contribution >= 0.6 is 0 Å². The van der Waals surface area contributed by atoms with E-state index in [1.807, 2.05) is 0 Å². The quantitative estimate of drug-likeness (QED) is 0.732. The fraction of sp³-hybridized carbons (Fsp3) is 0.280. The van der Waals surface area contributed by atoms with Gasteiger partial charge in [0.15, 0.2) is 11.5 Å². The Kier molecular flexibility index (Phi) is 5.36. The third-order valence-electron chi connectivity index (χ3n) is 5.79. The van der Waals surface area contributed by atoms with Crippen LogP contribution < -0.4 is 14.8 Å². The van der Waals surface area contributed by atoms with E-state index in [1.165, 1.54) is 27.8 Å². The van der Waals surface area contributed by atoms with Gasteiger partial charge in [-0.25, -0.2) is 0 Å². The lowest BCUT2D eigenvalue weighted by atomic mass is 9.78. The lowest BCUT2D eigenvalue weighted by Crippen LogP contribution is -2.88. The van der Waals surface area contributed by atoms with Crippen molar-refractivity contribution >= 4 is 0 Å². The third-order valence-corrected chi connectivity index (χ3v) is 5.79. The minimum Gasteiger partial charge on any atom is -0.493 e. The third kappa shape index (κ3) is 3.50. The van der Waals surface area contributed by atoms with Crippen LogP contribution in [-0.4, -0.2) is 20.8 Å². The second-order valence-corrected chi connectivity index (χ2v) is 7.51. The first-order valence-corrected chi connectivity index (χ1v) is 9.91. The molecule has 4 rings (SSSR count). The van der Waals surface area contributed by atoms with Crippen molar-refractivity contribution in [2.45, 2.75) is 25.3 Å². The molecule has 144 valence electrons. The van der Waals surface area contributed by atoms with Gasteiger partial charge in [-0.2, -0.15) is 0 Å². The summed E-state index contributed by atoms with van der Waals surface area (Å²) in [4.78, 5) is 0. The predicted octanol–water partition coefficient (Wildman–Crippen LogP) is 4.00. The highest BCUT2D eigenvalue weighted by Crippen LogP contribution is 2.41. The van der Waals surface area contributed by atoms with Crippen molar-refractivity contribution < 1.29 is 14.8 Å². The normalized spacial score (nSPS) is 16.9. The van der Waals surface area contributed by atoms with Gasteiger partial charge in [-0.1, -0.05) is 60.2 Å². The Morgan fingerprint density at radius 1 is 0.857 bits per heavy atom.